The van der Waals surface area contributed by atoms with Crippen LogP contribution in [0.5, 0.6) is 0 Å². The van der Waals surface area contributed by atoms with Gasteiger partial charge in [-0.2, -0.15) is 11.8 Å². The highest BCUT2D eigenvalue weighted by Crippen LogP contribution is 2.36. The van der Waals surface area contributed by atoms with E-state index in [1.54, 1.807) is 0 Å². The summed E-state index contributed by atoms with van der Waals surface area (Å²) < 4.78 is 34.6. The van der Waals surface area contributed by atoms with Crippen LogP contribution in [0.1, 0.15) is 0 Å². The number of hydrogen-bond donors (Lipinski definition) is 0. The first-order valence-corrected chi connectivity index (χ1v) is 3.30. The zero-order valence-corrected chi connectivity index (χ0v) is 4.80. The van der Waals surface area contributed by atoms with Gasteiger partial charge in [-0.05, 0) is 0 Å². The number of hydrogen-bond acceptors (Lipinski definition) is 1. The van der Waals surface area contributed by atoms with Crippen molar-refractivity contribution in [1.29, 1.82) is 0 Å². The fraction of sp³-hybridized carbons (Fsp3) is 1.00. The summed E-state index contributed by atoms with van der Waals surface area (Å²) >= 11 is 1.25. The smallest absolute Gasteiger partial charge is 0.240 e. The second-order valence-corrected chi connectivity index (χ2v) is 2.92. The van der Waals surface area contributed by atoms with Crippen LogP contribution in [0.15, 0.2) is 0 Å². The first-order valence-electron chi connectivity index (χ1n) is 2.25. The van der Waals surface area contributed by atoms with Gasteiger partial charge >= 0.3 is 0 Å². The number of rotatable bonds is 2. The van der Waals surface area contributed by atoms with E-state index >= 15 is 0 Å². The third kappa shape index (κ3) is 1.31. The summed E-state index contributed by atoms with van der Waals surface area (Å²) in [5.41, 5.74) is 0. The summed E-state index contributed by atoms with van der Waals surface area (Å²) in [7, 11) is 0. The molecular formula is C4H5F3S. The van der Waals surface area contributed by atoms with Gasteiger partial charge in [-0.25, -0.2) is 13.2 Å². The van der Waals surface area contributed by atoms with Gasteiger partial charge in [-0.1, -0.05) is 0 Å². The van der Waals surface area contributed by atoms with E-state index in [9.17, 15) is 13.2 Å². The van der Waals surface area contributed by atoms with Gasteiger partial charge in [0.25, 0.3) is 6.43 Å². The van der Waals surface area contributed by atoms with Crippen molar-refractivity contribution in [3.8, 4) is 0 Å². The highest BCUT2D eigenvalue weighted by atomic mass is 32.2. The summed E-state index contributed by atoms with van der Waals surface area (Å²) in [5, 5.41) is -0.407. The Balaban J connectivity index is 2.22. The Hall–Kier alpha value is 0.140. The minimum Gasteiger partial charge on any atom is -0.240 e. The van der Waals surface area contributed by atoms with E-state index in [2.05, 4.69) is 0 Å². The summed E-state index contributed by atoms with van der Waals surface area (Å²) in [5.74, 6) is 0.561. The summed E-state index contributed by atoms with van der Waals surface area (Å²) in [6.07, 6.45) is -4.67. The molecule has 0 nitrogen and oxygen atoms in total. The maximum Gasteiger partial charge on any atom is 0.270 e. The van der Waals surface area contributed by atoms with Gasteiger partial charge in [-0.3, -0.25) is 0 Å². The van der Waals surface area contributed by atoms with Gasteiger partial charge in [0.1, 0.15) is 0 Å². The van der Waals surface area contributed by atoms with Crippen LogP contribution < -0.4 is 0 Å². The average molecular weight is 142 g/mol. The molecular weight excluding hydrogens is 137 g/mol. The second kappa shape index (κ2) is 2.17. The molecule has 0 aromatic carbocycles. The van der Waals surface area contributed by atoms with E-state index < -0.39 is 17.8 Å². The van der Waals surface area contributed by atoms with Crippen LogP contribution in [0.3, 0.4) is 0 Å². The predicted molar refractivity (Wildman–Crippen MR) is 27.1 cm³/mol. The first-order chi connectivity index (χ1) is 3.72. The van der Waals surface area contributed by atoms with Crippen molar-refractivity contribution in [2.24, 2.45) is 0 Å². The Labute approximate surface area is 49.4 Å². The number of halogens is 3. The fourth-order valence-corrected chi connectivity index (χ4v) is 0.999. The van der Waals surface area contributed by atoms with Gasteiger partial charge in [0.15, 0.2) is 6.17 Å². The Kier molecular flexibility index (Phi) is 1.70. The molecule has 0 bridgehead atoms. The van der Waals surface area contributed by atoms with Gasteiger partial charge in [0.05, 0.1) is 5.25 Å². The van der Waals surface area contributed by atoms with E-state index in [0.29, 0.717) is 5.75 Å². The Morgan fingerprint density at radius 1 is 1.38 bits per heavy atom. The molecule has 0 N–H and O–H groups in total. The van der Waals surface area contributed by atoms with Crippen LogP contribution in [-0.4, -0.2) is 23.6 Å². The summed E-state index contributed by atoms with van der Waals surface area (Å²) in [4.78, 5) is 0. The van der Waals surface area contributed by atoms with Gasteiger partial charge < -0.3 is 0 Å². The maximum atomic E-state index is 11.9. The molecule has 0 aliphatic carbocycles. The fourth-order valence-electron chi connectivity index (χ4n) is 0.402. The van der Waals surface area contributed by atoms with Crippen LogP contribution in [0.4, 0.5) is 13.2 Å². The average Bonchev–Trinajstić information content (AvgIpc) is 2.43. The summed E-state index contributed by atoms with van der Waals surface area (Å²) in [6.45, 7) is 0. The lowest BCUT2D eigenvalue weighted by Gasteiger charge is -2.00. The van der Waals surface area contributed by atoms with Crippen LogP contribution >= 0.6 is 11.8 Å². The van der Waals surface area contributed by atoms with Crippen molar-refractivity contribution < 1.29 is 13.2 Å². The van der Waals surface area contributed by atoms with Crippen molar-refractivity contribution in [3.05, 3.63) is 0 Å². The van der Waals surface area contributed by atoms with Crippen LogP contribution in [-0.2, 0) is 0 Å². The molecule has 48 valence electrons. The molecule has 0 saturated carbocycles. The minimum absolute atomic E-state index is 0.407. The highest BCUT2D eigenvalue weighted by molar-refractivity contribution is 8.06. The topological polar surface area (TPSA) is 0 Å². The quantitative estimate of drug-likeness (QED) is 0.529. The SMILES string of the molecule is FC(F)C(F)C1CS1. The molecule has 1 aliphatic heterocycles. The molecule has 2 unspecified atom stereocenters. The minimum atomic E-state index is -2.78. The molecule has 4 heteroatoms. The van der Waals surface area contributed by atoms with Gasteiger partial charge in [0, 0.05) is 5.75 Å². The van der Waals surface area contributed by atoms with Crippen LogP contribution in [0.2, 0.25) is 0 Å². The third-order valence-corrected chi connectivity index (χ3v) is 1.93. The lowest BCUT2D eigenvalue weighted by molar-refractivity contribution is 0.0550. The molecule has 1 aliphatic rings. The Morgan fingerprint density at radius 2 is 1.88 bits per heavy atom. The van der Waals surface area contributed by atoms with Crippen molar-refractivity contribution >= 4 is 11.8 Å². The standard InChI is InChI=1S/C4H5F3S/c5-3(4(6)7)2-1-8-2/h2-4H,1H2. The van der Waals surface area contributed by atoms with E-state index in [1.165, 1.54) is 11.8 Å². The molecule has 1 fully saturated rings. The Morgan fingerprint density at radius 3 is 2.00 bits per heavy atom. The van der Waals surface area contributed by atoms with E-state index in [0.717, 1.165) is 0 Å². The molecule has 1 rings (SSSR count). The van der Waals surface area contributed by atoms with Crippen molar-refractivity contribution in [3.63, 3.8) is 0 Å². The Bertz CT molecular complexity index is 79.4. The van der Waals surface area contributed by atoms with Crippen molar-refractivity contribution in [2.75, 3.05) is 5.75 Å². The summed E-state index contributed by atoms with van der Waals surface area (Å²) in [6, 6.07) is 0. The molecule has 1 saturated heterocycles. The molecule has 0 aromatic rings. The largest absolute Gasteiger partial charge is 0.270 e. The molecule has 0 amide bonds. The molecule has 2 atom stereocenters. The molecule has 0 radical (unpaired) electrons. The molecule has 0 spiro atoms. The number of alkyl halides is 3. The predicted octanol–water partition coefficient (Wildman–Crippen LogP) is 1.70. The normalized spacial score (nSPS) is 30.8. The molecule has 1 heterocycles. The zero-order valence-electron chi connectivity index (χ0n) is 3.98. The molecule has 8 heavy (non-hydrogen) atoms. The van der Waals surface area contributed by atoms with E-state index in [4.69, 9.17) is 0 Å². The van der Waals surface area contributed by atoms with Crippen molar-refractivity contribution in [2.45, 2.75) is 17.8 Å². The van der Waals surface area contributed by atoms with Gasteiger partial charge in [0.2, 0.25) is 0 Å². The lowest BCUT2D eigenvalue weighted by atomic mass is 10.3. The van der Waals surface area contributed by atoms with E-state index in [-0.39, 0.29) is 0 Å². The second-order valence-electron chi connectivity index (χ2n) is 1.65. The highest BCUT2D eigenvalue weighted by Gasteiger charge is 2.38. The van der Waals surface area contributed by atoms with Crippen LogP contribution in [0, 0.1) is 0 Å². The van der Waals surface area contributed by atoms with Gasteiger partial charge in [-0.15, -0.1) is 0 Å². The number of thioether (sulfide) groups is 1. The third-order valence-electron chi connectivity index (χ3n) is 0.955. The lowest BCUT2D eigenvalue weighted by Crippen LogP contribution is -2.17. The van der Waals surface area contributed by atoms with E-state index in [1.807, 2.05) is 0 Å². The zero-order chi connectivity index (χ0) is 6.15. The van der Waals surface area contributed by atoms with Crippen LogP contribution in [0.25, 0.3) is 0 Å². The maximum absolute atomic E-state index is 11.9. The molecule has 0 aromatic heterocycles. The monoisotopic (exact) mass is 142 g/mol. The first kappa shape index (κ1) is 6.26. The van der Waals surface area contributed by atoms with Crippen molar-refractivity contribution in [1.82, 2.24) is 0 Å².